The van der Waals surface area contributed by atoms with Crippen LogP contribution < -0.4 is 5.32 Å². The van der Waals surface area contributed by atoms with E-state index in [-0.39, 0.29) is 30.7 Å². The molecular weight excluding hydrogens is 318 g/mol. The summed E-state index contributed by atoms with van der Waals surface area (Å²) in [5.41, 5.74) is 1.10. The highest BCUT2D eigenvalue weighted by Crippen LogP contribution is 2.21. The van der Waals surface area contributed by atoms with Crippen molar-refractivity contribution < 1.29 is 14.7 Å². The monoisotopic (exact) mass is 347 g/mol. The molecule has 1 aromatic carbocycles. The van der Waals surface area contributed by atoms with Gasteiger partial charge < -0.3 is 20.2 Å². The van der Waals surface area contributed by atoms with Crippen LogP contribution >= 0.6 is 0 Å². The number of benzene rings is 1. The first-order valence-corrected chi connectivity index (χ1v) is 8.88. The van der Waals surface area contributed by atoms with Gasteiger partial charge in [0.2, 0.25) is 0 Å². The number of urea groups is 1. The Hall–Kier alpha value is -2.08. The van der Waals surface area contributed by atoms with Gasteiger partial charge in [-0.05, 0) is 33.3 Å². The molecule has 2 atom stereocenters. The molecule has 0 unspecified atom stereocenters. The predicted octanol–water partition coefficient (Wildman–Crippen LogP) is 2.40. The first-order chi connectivity index (χ1) is 11.8. The highest BCUT2D eigenvalue weighted by molar-refractivity contribution is 5.78. The molecule has 0 aliphatic carbocycles. The van der Waals surface area contributed by atoms with E-state index in [1.165, 1.54) is 0 Å². The number of amides is 2. The van der Waals surface area contributed by atoms with Crippen molar-refractivity contribution in [3.63, 3.8) is 0 Å². The van der Waals surface area contributed by atoms with Gasteiger partial charge in [-0.15, -0.1) is 0 Å². The maximum absolute atomic E-state index is 12.8. The Morgan fingerprint density at radius 2 is 1.76 bits per heavy atom. The van der Waals surface area contributed by atoms with E-state index >= 15 is 0 Å². The molecule has 6 heteroatoms. The van der Waals surface area contributed by atoms with Gasteiger partial charge in [0, 0.05) is 37.8 Å². The highest BCUT2D eigenvalue weighted by atomic mass is 16.4. The Morgan fingerprint density at radius 1 is 1.16 bits per heavy atom. The molecule has 25 heavy (non-hydrogen) atoms. The molecule has 0 spiro atoms. The van der Waals surface area contributed by atoms with Gasteiger partial charge in [0.15, 0.2) is 0 Å². The molecule has 0 aromatic heterocycles. The van der Waals surface area contributed by atoms with Gasteiger partial charge in [0.25, 0.3) is 0 Å². The van der Waals surface area contributed by atoms with Gasteiger partial charge in [-0.3, -0.25) is 4.79 Å². The lowest BCUT2D eigenvalue weighted by atomic mass is 10.0. The van der Waals surface area contributed by atoms with E-state index in [9.17, 15) is 14.7 Å². The maximum Gasteiger partial charge on any atom is 0.320 e. The van der Waals surface area contributed by atoms with Crippen LogP contribution in [0.5, 0.6) is 0 Å². The smallest absolute Gasteiger partial charge is 0.320 e. The number of carboxylic acids is 1. The summed E-state index contributed by atoms with van der Waals surface area (Å²) in [5.74, 6) is -1.45. The van der Waals surface area contributed by atoms with E-state index in [2.05, 4.69) is 5.32 Å². The van der Waals surface area contributed by atoms with Crippen molar-refractivity contribution in [3.8, 4) is 0 Å². The number of likely N-dealkylation sites (tertiary alicyclic amines) is 1. The molecule has 6 nitrogen and oxygen atoms in total. The summed E-state index contributed by atoms with van der Waals surface area (Å²) < 4.78 is 0. The van der Waals surface area contributed by atoms with Crippen LogP contribution in [0.3, 0.4) is 0 Å². The van der Waals surface area contributed by atoms with Gasteiger partial charge >= 0.3 is 12.0 Å². The number of carboxylic acid groups (broad SMARTS) is 1. The van der Waals surface area contributed by atoms with Crippen molar-refractivity contribution in [1.29, 1.82) is 0 Å². The Bertz CT molecular complexity index is 581. The summed E-state index contributed by atoms with van der Waals surface area (Å²) in [6.45, 7) is 9.17. The summed E-state index contributed by atoms with van der Waals surface area (Å²) in [6, 6.07) is 9.69. The summed E-state index contributed by atoms with van der Waals surface area (Å²) in [7, 11) is 0. The first kappa shape index (κ1) is 19.2. The molecule has 2 rings (SSSR count). The number of nitrogens with zero attached hydrogens (tertiary/aromatic N) is 2. The van der Waals surface area contributed by atoms with Crippen molar-refractivity contribution in [2.45, 2.75) is 52.4 Å². The summed E-state index contributed by atoms with van der Waals surface area (Å²) in [4.78, 5) is 28.0. The van der Waals surface area contributed by atoms with Gasteiger partial charge in [0.1, 0.15) is 0 Å². The minimum Gasteiger partial charge on any atom is -0.481 e. The van der Waals surface area contributed by atoms with Crippen molar-refractivity contribution in [1.82, 2.24) is 15.1 Å². The van der Waals surface area contributed by atoms with Crippen LogP contribution in [-0.4, -0.2) is 58.1 Å². The number of carbonyl (C=O) groups is 2. The molecule has 2 amide bonds. The fraction of sp³-hybridized carbons (Fsp3) is 0.579. The fourth-order valence-electron chi connectivity index (χ4n) is 3.46. The molecule has 1 aliphatic rings. The van der Waals surface area contributed by atoms with Crippen LogP contribution in [0.15, 0.2) is 30.3 Å². The number of aliphatic carboxylic acids is 1. The molecule has 1 fully saturated rings. The molecule has 1 heterocycles. The second-order valence-corrected chi connectivity index (χ2v) is 7.20. The zero-order valence-corrected chi connectivity index (χ0v) is 15.5. The van der Waals surface area contributed by atoms with Gasteiger partial charge in [-0.25, -0.2) is 4.79 Å². The Balaban J connectivity index is 2.06. The van der Waals surface area contributed by atoms with E-state index in [0.717, 1.165) is 5.56 Å². The topological polar surface area (TPSA) is 72.9 Å². The van der Waals surface area contributed by atoms with Gasteiger partial charge in [-0.2, -0.15) is 0 Å². The van der Waals surface area contributed by atoms with Crippen LogP contribution in [0.2, 0.25) is 0 Å². The number of nitrogens with one attached hydrogen (secondary N) is 1. The predicted molar refractivity (Wildman–Crippen MR) is 97.3 cm³/mol. The molecule has 0 bridgehead atoms. The lowest BCUT2D eigenvalue weighted by molar-refractivity contribution is -0.141. The molecule has 1 aromatic rings. The minimum absolute atomic E-state index is 0.0760. The fourth-order valence-corrected chi connectivity index (χ4v) is 3.46. The average Bonchev–Trinajstić information content (AvgIpc) is 2.97. The molecule has 2 N–H and O–H groups in total. The molecule has 1 saturated heterocycles. The quantitative estimate of drug-likeness (QED) is 0.829. The van der Waals surface area contributed by atoms with Crippen LogP contribution in [0.1, 0.15) is 33.3 Å². The number of rotatable bonds is 6. The zero-order chi connectivity index (χ0) is 18.6. The first-order valence-electron chi connectivity index (χ1n) is 8.88. The molecule has 0 radical (unpaired) electrons. The third kappa shape index (κ3) is 4.72. The van der Waals surface area contributed by atoms with Crippen LogP contribution in [0, 0.1) is 5.92 Å². The Labute approximate surface area is 149 Å². The van der Waals surface area contributed by atoms with E-state index in [1.807, 2.05) is 58.0 Å². The second-order valence-electron chi connectivity index (χ2n) is 7.20. The van der Waals surface area contributed by atoms with Crippen LogP contribution in [0.25, 0.3) is 0 Å². The lowest BCUT2D eigenvalue weighted by Gasteiger charge is -2.34. The number of carbonyl (C=O) groups excluding carboxylic acids is 1. The lowest BCUT2D eigenvalue weighted by Crippen LogP contribution is -2.49. The van der Waals surface area contributed by atoms with E-state index in [4.69, 9.17) is 0 Å². The third-order valence-corrected chi connectivity index (χ3v) is 4.65. The number of hydrogen-bond donors (Lipinski definition) is 2. The van der Waals surface area contributed by atoms with Crippen LogP contribution in [-0.2, 0) is 11.3 Å². The summed E-state index contributed by atoms with van der Waals surface area (Å²) >= 11 is 0. The average molecular weight is 347 g/mol. The molecular formula is C19H29N3O3. The minimum atomic E-state index is -0.860. The second kappa shape index (κ2) is 8.34. The van der Waals surface area contributed by atoms with Crippen molar-refractivity contribution in [2.24, 2.45) is 5.92 Å². The molecule has 138 valence electrons. The molecule has 1 aliphatic heterocycles. The van der Waals surface area contributed by atoms with Crippen molar-refractivity contribution >= 4 is 12.0 Å². The standard InChI is InChI=1S/C19H29N3O3/c1-13(2)22(14(3)4)19(25)21-11-16(18(23)24)17(12-21)20-10-15-8-6-5-7-9-15/h5-9,13-14,16-17,20H,10-12H2,1-4H3,(H,23,24)/t16-,17+/m0/s1. The Kier molecular flexibility index (Phi) is 6.42. The van der Waals surface area contributed by atoms with Gasteiger partial charge in [-0.1, -0.05) is 30.3 Å². The van der Waals surface area contributed by atoms with Crippen molar-refractivity contribution in [3.05, 3.63) is 35.9 Å². The van der Waals surface area contributed by atoms with E-state index < -0.39 is 11.9 Å². The SMILES string of the molecule is CC(C)N(C(=O)N1C[C@H](C(=O)O)[C@H](NCc2ccccc2)C1)C(C)C. The maximum atomic E-state index is 12.8. The van der Waals surface area contributed by atoms with E-state index in [1.54, 1.807) is 9.80 Å². The normalized spacial score (nSPS) is 20.3. The van der Waals surface area contributed by atoms with E-state index in [0.29, 0.717) is 13.1 Å². The summed E-state index contributed by atoms with van der Waals surface area (Å²) in [5, 5.41) is 12.9. The largest absolute Gasteiger partial charge is 0.481 e. The summed E-state index contributed by atoms with van der Waals surface area (Å²) in [6.07, 6.45) is 0. The van der Waals surface area contributed by atoms with Gasteiger partial charge in [0.05, 0.1) is 5.92 Å². The third-order valence-electron chi connectivity index (χ3n) is 4.65. The molecule has 0 saturated carbocycles. The number of hydrogen-bond acceptors (Lipinski definition) is 3. The highest BCUT2D eigenvalue weighted by Gasteiger charge is 2.41. The van der Waals surface area contributed by atoms with Crippen molar-refractivity contribution in [2.75, 3.05) is 13.1 Å². The Morgan fingerprint density at radius 3 is 2.28 bits per heavy atom. The zero-order valence-electron chi connectivity index (χ0n) is 15.5. The van der Waals surface area contributed by atoms with Crippen LogP contribution in [0.4, 0.5) is 4.79 Å².